The first-order chi connectivity index (χ1) is 9.07. The Hall–Kier alpha value is -1.06. The molecule has 1 unspecified atom stereocenters. The summed E-state index contributed by atoms with van der Waals surface area (Å²) in [6, 6.07) is 0. The number of nitrogens with one attached hydrogen (secondary N) is 1. The van der Waals surface area contributed by atoms with Gasteiger partial charge in [-0.25, -0.2) is 0 Å². The molecule has 0 saturated carbocycles. The van der Waals surface area contributed by atoms with E-state index >= 15 is 0 Å². The van der Waals surface area contributed by atoms with Crippen molar-refractivity contribution >= 4 is 11.9 Å². The lowest BCUT2D eigenvalue weighted by Crippen LogP contribution is -2.24. The topological polar surface area (TPSA) is 66.4 Å². The van der Waals surface area contributed by atoms with E-state index in [1.807, 2.05) is 0 Å². The highest BCUT2D eigenvalue weighted by molar-refractivity contribution is 5.75. The fourth-order valence-corrected chi connectivity index (χ4v) is 1.91. The SMILES string of the molecule is CCCCCCCCC(=O)NCCCC(C)C(=O)O. The summed E-state index contributed by atoms with van der Waals surface area (Å²) in [5.74, 6) is -0.993. The average molecular weight is 271 g/mol. The first-order valence-corrected chi connectivity index (χ1v) is 7.57. The minimum Gasteiger partial charge on any atom is -0.481 e. The van der Waals surface area contributed by atoms with Gasteiger partial charge in [-0.2, -0.15) is 0 Å². The van der Waals surface area contributed by atoms with Gasteiger partial charge in [0.25, 0.3) is 0 Å². The van der Waals surface area contributed by atoms with Crippen molar-refractivity contribution in [3.63, 3.8) is 0 Å². The Labute approximate surface area is 117 Å². The molecule has 0 heterocycles. The first-order valence-electron chi connectivity index (χ1n) is 7.57. The molecular formula is C15H29NO3. The molecule has 0 saturated heterocycles. The fraction of sp³-hybridized carbons (Fsp3) is 0.867. The summed E-state index contributed by atoms with van der Waals surface area (Å²) in [5, 5.41) is 11.6. The van der Waals surface area contributed by atoms with Gasteiger partial charge in [0.2, 0.25) is 5.91 Å². The van der Waals surface area contributed by atoms with E-state index in [2.05, 4.69) is 12.2 Å². The molecule has 0 aromatic rings. The van der Waals surface area contributed by atoms with E-state index in [4.69, 9.17) is 5.11 Å². The van der Waals surface area contributed by atoms with Gasteiger partial charge in [0.15, 0.2) is 0 Å². The van der Waals surface area contributed by atoms with Crippen LogP contribution in [0.3, 0.4) is 0 Å². The largest absolute Gasteiger partial charge is 0.481 e. The zero-order valence-electron chi connectivity index (χ0n) is 12.4. The summed E-state index contributed by atoms with van der Waals surface area (Å²) in [4.78, 5) is 22.1. The lowest BCUT2D eigenvalue weighted by atomic mass is 10.1. The summed E-state index contributed by atoms with van der Waals surface area (Å²) in [7, 11) is 0. The van der Waals surface area contributed by atoms with Crippen molar-refractivity contribution in [3.8, 4) is 0 Å². The Kier molecular flexibility index (Phi) is 11.3. The molecule has 0 aromatic carbocycles. The van der Waals surface area contributed by atoms with Gasteiger partial charge in [0.05, 0.1) is 5.92 Å². The minimum atomic E-state index is -0.765. The van der Waals surface area contributed by atoms with Gasteiger partial charge in [0.1, 0.15) is 0 Å². The van der Waals surface area contributed by atoms with Crippen molar-refractivity contribution in [2.24, 2.45) is 5.92 Å². The van der Waals surface area contributed by atoms with E-state index in [1.165, 1.54) is 25.7 Å². The van der Waals surface area contributed by atoms with Crippen LogP contribution < -0.4 is 5.32 Å². The van der Waals surface area contributed by atoms with E-state index in [0.717, 1.165) is 19.3 Å². The lowest BCUT2D eigenvalue weighted by molar-refractivity contribution is -0.141. The Morgan fingerprint density at radius 3 is 2.32 bits per heavy atom. The third kappa shape index (κ3) is 11.7. The fourth-order valence-electron chi connectivity index (χ4n) is 1.91. The molecule has 19 heavy (non-hydrogen) atoms. The number of hydrogen-bond acceptors (Lipinski definition) is 2. The summed E-state index contributed by atoms with van der Waals surface area (Å²) >= 11 is 0. The Bertz CT molecular complexity index is 254. The number of carboxylic acid groups (broad SMARTS) is 1. The highest BCUT2D eigenvalue weighted by Crippen LogP contribution is 2.07. The summed E-state index contributed by atoms with van der Waals surface area (Å²) < 4.78 is 0. The minimum absolute atomic E-state index is 0.0958. The first kappa shape index (κ1) is 17.9. The van der Waals surface area contributed by atoms with Gasteiger partial charge >= 0.3 is 5.97 Å². The van der Waals surface area contributed by atoms with Crippen molar-refractivity contribution in [2.75, 3.05) is 6.54 Å². The van der Waals surface area contributed by atoms with Crippen molar-refractivity contribution in [3.05, 3.63) is 0 Å². The second-order valence-corrected chi connectivity index (χ2v) is 5.25. The van der Waals surface area contributed by atoms with Crippen LogP contribution in [0.1, 0.15) is 71.6 Å². The number of unbranched alkanes of at least 4 members (excludes halogenated alkanes) is 5. The second kappa shape index (κ2) is 12.0. The molecular weight excluding hydrogens is 242 g/mol. The van der Waals surface area contributed by atoms with Crippen LogP contribution in [0.5, 0.6) is 0 Å². The van der Waals surface area contributed by atoms with E-state index in [9.17, 15) is 9.59 Å². The van der Waals surface area contributed by atoms with Crippen LogP contribution in [-0.4, -0.2) is 23.5 Å². The van der Waals surface area contributed by atoms with Gasteiger partial charge in [-0.1, -0.05) is 46.0 Å². The smallest absolute Gasteiger partial charge is 0.306 e. The summed E-state index contributed by atoms with van der Waals surface area (Å²) in [6.07, 6.45) is 9.05. The Morgan fingerprint density at radius 1 is 1.05 bits per heavy atom. The van der Waals surface area contributed by atoms with Crippen molar-refractivity contribution < 1.29 is 14.7 Å². The molecule has 0 aliphatic rings. The predicted octanol–water partition coefficient (Wildman–Crippen LogP) is 3.35. The van der Waals surface area contributed by atoms with Crippen LogP contribution in [0, 0.1) is 5.92 Å². The van der Waals surface area contributed by atoms with E-state index in [0.29, 0.717) is 19.4 Å². The molecule has 2 N–H and O–H groups in total. The Balaban J connectivity index is 3.33. The van der Waals surface area contributed by atoms with Gasteiger partial charge < -0.3 is 10.4 Å². The van der Waals surface area contributed by atoms with E-state index in [-0.39, 0.29) is 11.8 Å². The maximum Gasteiger partial charge on any atom is 0.306 e. The standard InChI is InChI=1S/C15H29NO3/c1-3-4-5-6-7-8-11-14(17)16-12-9-10-13(2)15(18)19/h13H,3-12H2,1-2H3,(H,16,17)(H,18,19). The predicted molar refractivity (Wildman–Crippen MR) is 77.0 cm³/mol. The molecule has 0 fully saturated rings. The van der Waals surface area contributed by atoms with Gasteiger partial charge in [0, 0.05) is 13.0 Å². The maximum atomic E-state index is 11.5. The normalized spacial score (nSPS) is 12.1. The van der Waals surface area contributed by atoms with Crippen molar-refractivity contribution in [1.29, 1.82) is 0 Å². The average Bonchev–Trinajstić information content (AvgIpc) is 2.38. The zero-order chi connectivity index (χ0) is 14.5. The number of carboxylic acids is 1. The number of rotatable bonds is 12. The molecule has 0 spiro atoms. The van der Waals surface area contributed by atoms with Crippen LogP contribution in [-0.2, 0) is 9.59 Å². The third-order valence-electron chi connectivity index (χ3n) is 3.32. The molecule has 0 radical (unpaired) electrons. The summed E-state index contributed by atoms with van der Waals surface area (Å²) in [5.41, 5.74) is 0. The van der Waals surface area contributed by atoms with E-state index in [1.54, 1.807) is 6.92 Å². The van der Waals surface area contributed by atoms with Gasteiger partial charge in [-0.3, -0.25) is 9.59 Å². The summed E-state index contributed by atoms with van der Waals surface area (Å²) in [6.45, 7) is 4.48. The highest BCUT2D eigenvalue weighted by atomic mass is 16.4. The Morgan fingerprint density at radius 2 is 1.68 bits per heavy atom. The van der Waals surface area contributed by atoms with Crippen LogP contribution >= 0.6 is 0 Å². The molecule has 1 atom stereocenters. The van der Waals surface area contributed by atoms with Crippen LogP contribution in [0.25, 0.3) is 0 Å². The molecule has 4 nitrogen and oxygen atoms in total. The molecule has 112 valence electrons. The second-order valence-electron chi connectivity index (χ2n) is 5.25. The van der Waals surface area contributed by atoms with Crippen molar-refractivity contribution in [1.82, 2.24) is 5.32 Å². The lowest BCUT2D eigenvalue weighted by Gasteiger charge is -2.07. The number of carbonyl (C=O) groups is 2. The molecule has 0 aliphatic heterocycles. The molecule has 0 aromatic heterocycles. The van der Waals surface area contributed by atoms with Crippen LogP contribution in [0.2, 0.25) is 0 Å². The maximum absolute atomic E-state index is 11.5. The number of amides is 1. The molecule has 4 heteroatoms. The highest BCUT2D eigenvalue weighted by Gasteiger charge is 2.09. The quantitative estimate of drug-likeness (QED) is 0.535. The van der Waals surface area contributed by atoms with Crippen molar-refractivity contribution in [2.45, 2.75) is 71.6 Å². The monoisotopic (exact) mass is 271 g/mol. The molecule has 0 aliphatic carbocycles. The van der Waals surface area contributed by atoms with Crippen LogP contribution in [0.4, 0.5) is 0 Å². The number of carbonyl (C=O) groups excluding carboxylic acids is 1. The molecule has 0 rings (SSSR count). The number of hydrogen-bond donors (Lipinski definition) is 2. The van der Waals surface area contributed by atoms with E-state index < -0.39 is 5.97 Å². The third-order valence-corrected chi connectivity index (χ3v) is 3.32. The van der Waals surface area contributed by atoms with Crippen LogP contribution in [0.15, 0.2) is 0 Å². The molecule has 1 amide bonds. The zero-order valence-corrected chi connectivity index (χ0v) is 12.4. The van der Waals surface area contributed by atoms with Gasteiger partial charge in [-0.05, 0) is 19.3 Å². The van der Waals surface area contributed by atoms with Gasteiger partial charge in [-0.15, -0.1) is 0 Å². The molecule has 0 bridgehead atoms. The number of aliphatic carboxylic acids is 1.